The van der Waals surface area contributed by atoms with Crippen molar-refractivity contribution in [1.82, 2.24) is 5.32 Å². The molecule has 0 aliphatic carbocycles. The molecule has 3 aromatic rings. The Balaban J connectivity index is 1.85. The van der Waals surface area contributed by atoms with Crippen LogP contribution in [0.1, 0.15) is 15.9 Å². The summed E-state index contributed by atoms with van der Waals surface area (Å²) in [5, 5.41) is 6.05. The number of nitrogens with one attached hydrogen (secondary N) is 2. The van der Waals surface area contributed by atoms with Crippen molar-refractivity contribution in [3.63, 3.8) is 0 Å². The van der Waals surface area contributed by atoms with Crippen molar-refractivity contribution in [2.75, 3.05) is 12.4 Å². The quantitative estimate of drug-likeness (QED) is 0.452. The van der Waals surface area contributed by atoms with Gasteiger partial charge in [0.05, 0.1) is 7.11 Å². The Morgan fingerprint density at radius 2 is 1.57 bits per heavy atom. The number of methoxy groups -OCH3 is 1. The van der Waals surface area contributed by atoms with Gasteiger partial charge in [-0.2, -0.15) is 0 Å². The number of hydrogen-bond acceptors (Lipinski definition) is 3. The highest BCUT2D eigenvalue weighted by Crippen LogP contribution is 2.17. The number of benzene rings is 3. The highest BCUT2D eigenvalue weighted by molar-refractivity contribution is 9.10. The zero-order valence-electron chi connectivity index (χ0n) is 16.0. The van der Waals surface area contributed by atoms with Crippen molar-refractivity contribution < 1.29 is 14.3 Å². The Morgan fingerprint density at radius 1 is 0.933 bits per heavy atom. The van der Waals surface area contributed by atoms with Crippen LogP contribution >= 0.6 is 27.5 Å². The second kappa shape index (κ2) is 10.1. The van der Waals surface area contributed by atoms with E-state index < -0.39 is 11.8 Å². The normalized spacial score (nSPS) is 11.0. The summed E-state index contributed by atoms with van der Waals surface area (Å²) in [6.45, 7) is 0. The summed E-state index contributed by atoms with van der Waals surface area (Å²) in [6, 6.07) is 20.7. The van der Waals surface area contributed by atoms with E-state index in [1.807, 2.05) is 0 Å². The lowest BCUT2D eigenvalue weighted by Crippen LogP contribution is -2.30. The molecule has 0 aliphatic rings. The molecule has 5 nitrogen and oxygen atoms in total. The van der Waals surface area contributed by atoms with E-state index in [0.717, 1.165) is 10.0 Å². The Hall–Kier alpha value is -3.09. The minimum absolute atomic E-state index is 0.0982. The molecule has 0 radical (unpaired) electrons. The van der Waals surface area contributed by atoms with E-state index in [9.17, 15) is 9.59 Å². The van der Waals surface area contributed by atoms with E-state index in [0.29, 0.717) is 22.0 Å². The number of carbonyl (C=O) groups is 2. The van der Waals surface area contributed by atoms with Gasteiger partial charge in [-0.25, -0.2) is 0 Å². The Labute approximate surface area is 187 Å². The SMILES string of the molecule is COc1ccc(NC(=O)/C(=C\c2ccc(Cl)cc2)NC(=O)c2ccc(Br)cc2)cc1. The van der Waals surface area contributed by atoms with Crippen LogP contribution < -0.4 is 15.4 Å². The average Bonchev–Trinajstić information content (AvgIpc) is 2.75. The lowest BCUT2D eigenvalue weighted by atomic mass is 10.1. The number of hydrogen-bond donors (Lipinski definition) is 2. The van der Waals surface area contributed by atoms with Gasteiger partial charge in [0.25, 0.3) is 11.8 Å². The summed E-state index contributed by atoms with van der Waals surface area (Å²) >= 11 is 9.28. The largest absolute Gasteiger partial charge is 0.497 e. The third kappa shape index (κ3) is 5.95. The Morgan fingerprint density at radius 3 is 2.17 bits per heavy atom. The van der Waals surface area contributed by atoms with Gasteiger partial charge < -0.3 is 15.4 Å². The molecule has 0 saturated heterocycles. The van der Waals surface area contributed by atoms with Crippen LogP contribution in [-0.4, -0.2) is 18.9 Å². The minimum atomic E-state index is -0.458. The van der Waals surface area contributed by atoms with E-state index in [4.69, 9.17) is 16.3 Å². The summed E-state index contributed by atoms with van der Waals surface area (Å²) in [5.74, 6) is -0.179. The molecular formula is C23H18BrClN2O3. The van der Waals surface area contributed by atoms with Gasteiger partial charge in [-0.15, -0.1) is 0 Å². The van der Waals surface area contributed by atoms with Crippen LogP contribution in [0.4, 0.5) is 5.69 Å². The van der Waals surface area contributed by atoms with E-state index in [1.165, 1.54) is 0 Å². The van der Waals surface area contributed by atoms with Gasteiger partial charge in [-0.3, -0.25) is 9.59 Å². The second-order valence-electron chi connectivity index (χ2n) is 6.25. The van der Waals surface area contributed by atoms with Crippen LogP contribution in [0, 0.1) is 0 Å². The molecule has 7 heteroatoms. The van der Waals surface area contributed by atoms with Crippen LogP contribution in [0.15, 0.2) is 83.0 Å². The predicted octanol–water partition coefficient (Wildman–Crippen LogP) is 5.52. The summed E-state index contributed by atoms with van der Waals surface area (Å²) in [6.07, 6.45) is 1.59. The molecule has 0 bridgehead atoms. The molecule has 0 atom stereocenters. The molecule has 3 rings (SSSR count). The third-order valence-corrected chi connectivity index (χ3v) is 4.91. The molecule has 2 N–H and O–H groups in total. The summed E-state index contributed by atoms with van der Waals surface area (Å²) in [5.41, 5.74) is 1.81. The molecule has 0 saturated carbocycles. The average molecular weight is 486 g/mol. The topological polar surface area (TPSA) is 67.4 Å². The number of halogens is 2. The second-order valence-corrected chi connectivity index (χ2v) is 7.61. The van der Waals surface area contributed by atoms with Gasteiger partial charge >= 0.3 is 0 Å². The fourth-order valence-electron chi connectivity index (χ4n) is 2.55. The van der Waals surface area contributed by atoms with Crippen molar-refractivity contribution in [1.29, 1.82) is 0 Å². The number of carbonyl (C=O) groups excluding carboxylic acids is 2. The first-order chi connectivity index (χ1) is 14.4. The van der Waals surface area contributed by atoms with Gasteiger partial charge in [0, 0.05) is 20.7 Å². The molecule has 152 valence electrons. The molecule has 30 heavy (non-hydrogen) atoms. The fourth-order valence-corrected chi connectivity index (χ4v) is 2.94. The van der Waals surface area contributed by atoms with Gasteiger partial charge in [-0.1, -0.05) is 39.7 Å². The number of ether oxygens (including phenoxy) is 1. The first-order valence-corrected chi connectivity index (χ1v) is 10.1. The highest BCUT2D eigenvalue weighted by atomic mass is 79.9. The monoisotopic (exact) mass is 484 g/mol. The van der Waals surface area contributed by atoms with E-state index in [-0.39, 0.29) is 5.70 Å². The predicted molar refractivity (Wildman–Crippen MR) is 123 cm³/mol. The van der Waals surface area contributed by atoms with Gasteiger partial charge in [0.15, 0.2) is 0 Å². The van der Waals surface area contributed by atoms with Crippen LogP contribution in [0.2, 0.25) is 5.02 Å². The smallest absolute Gasteiger partial charge is 0.272 e. The van der Waals surface area contributed by atoms with Gasteiger partial charge in [0.2, 0.25) is 0 Å². The van der Waals surface area contributed by atoms with Crippen LogP contribution in [0.3, 0.4) is 0 Å². The zero-order chi connectivity index (χ0) is 21.5. The molecule has 0 unspecified atom stereocenters. The highest BCUT2D eigenvalue weighted by Gasteiger charge is 2.15. The van der Waals surface area contributed by atoms with Crippen molar-refractivity contribution in [3.8, 4) is 5.75 Å². The Bertz CT molecular complexity index is 1060. The first kappa shape index (κ1) is 21.6. The fraction of sp³-hybridized carbons (Fsp3) is 0.0435. The maximum atomic E-state index is 12.9. The van der Waals surface area contributed by atoms with Crippen molar-refractivity contribution in [2.45, 2.75) is 0 Å². The summed E-state index contributed by atoms with van der Waals surface area (Å²) < 4.78 is 5.98. The number of anilines is 1. The molecule has 0 fully saturated rings. The third-order valence-electron chi connectivity index (χ3n) is 4.13. The Kier molecular flexibility index (Phi) is 7.27. The minimum Gasteiger partial charge on any atom is -0.497 e. The molecule has 0 heterocycles. The van der Waals surface area contributed by atoms with Crippen LogP contribution in [0.25, 0.3) is 6.08 Å². The van der Waals surface area contributed by atoms with Crippen LogP contribution in [-0.2, 0) is 4.79 Å². The number of rotatable bonds is 6. The van der Waals surface area contributed by atoms with E-state index in [2.05, 4.69) is 26.6 Å². The molecule has 3 aromatic carbocycles. The van der Waals surface area contributed by atoms with Crippen molar-refractivity contribution in [3.05, 3.63) is 99.1 Å². The maximum absolute atomic E-state index is 12.9. The molecular weight excluding hydrogens is 468 g/mol. The lowest BCUT2D eigenvalue weighted by molar-refractivity contribution is -0.113. The van der Waals surface area contributed by atoms with E-state index >= 15 is 0 Å². The lowest BCUT2D eigenvalue weighted by Gasteiger charge is -2.12. The summed E-state index contributed by atoms with van der Waals surface area (Å²) in [7, 11) is 1.57. The number of amides is 2. The molecule has 0 spiro atoms. The maximum Gasteiger partial charge on any atom is 0.272 e. The van der Waals surface area contributed by atoms with Gasteiger partial charge in [-0.05, 0) is 72.3 Å². The van der Waals surface area contributed by atoms with Crippen molar-refractivity contribution in [2.24, 2.45) is 0 Å². The van der Waals surface area contributed by atoms with E-state index in [1.54, 1.807) is 86.0 Å². The molecule has 0 aromatic heterocycles. The summed E-state index contributed by atoms with van der Waals surface area (Å²) in [4.78, 5) is 25.6. The molecule has 2 amide bonds. The zero-order valence-corrected chi connectivity index (χ0v) is 18.3. The van der Waals surface area contributed by atoms with Gasteiger partial charge in [0.1, 0.15) is 11.4 Å². The van der Waals surface area contributed by atoms with Crippen molar-refractivity contribution >= 4 is 51.1 Å². The van der Waals surface area contributed by atoms with Crippen LogP contribution in [0.5, 0.6) is 5.75 Å². The molecule has 0 aliphatic heterocycles. The first-order valence-electron chi connectivity index (χ1n) is 8.94. The standard InChI is InChI=1S/C23H18BrClN2O3/c1-30-20-12-10-19(11-13-20)26-23(29)21(14-15-2-8-18(25)9-3-15)27-22(28)16-4-6-17(24)7-5-16/h2-14H,1H3,(H,26,29)(H,27,28)/b21-14+.